The number of aromatic amines is 1. The highest BCUT2D eigenvalue weighted by molar-refractivity contribution is 8.13. The second kappa shape index (κ2) is 6.00. The summed E-state index contributed by atoms with van der Waals surface area (Å²) in [4.78, 5) is 38.4. The lowest BCUT2D eigenvalue weighted by atomic mass is 10.3. The molecule has 2 rings (SSSR count). The molecule has 0 saturated carbocycles. The van der Waals surface area contributed by atoms with Crippen LogP contribution in [0.25, 0.3) is 0 Å². The predicted octanol–water partition coefficient (Wildman–Crippen LogP) is 1.52. The zero-order valence-electron chi connectivity index (χ0n) is 10.9. The lowest BCUT2D eigenvalue weighted by Gasteiger charge is -2.13. The van der Waals surface area contributed by atoms with Crippen molar-refractivity contribution in [1.82, 2.24) is 9.88 Å². The highest BCUT2D eigenvalue weighted by Crippen LogP contribution is 2.19. The number of rotatable bonds is 5. The average Bonchev–Trinajstić information content (AvgIpc) is 2.93. The molecule has 7 nitrogen and oxygen atoms in total. The number of aromatic nitrogens is 1. The van der Waals surface area contributed by atoms with Gasteiger partial charge in [-0.15, -0.1) is 0 Å². The van der Waals surface area contributed by atoms with E-state index in [1.807, 2.05) is 0 Å². The highest BCUT2D eigenvalue weighted by Gasteiger charge is 2.22. The minimum absolute atomic E-state index is 0.0125. The fraction of sp³-hybridized carbons (Fsp3) is 0.417. The predicted molar refractivity (Wildman–Crippen MR) is 75.2 cm³/mol. The van der Waals surface area contributed by atoms with E-state index >= 15 is 0 Å². The monoisotopic (exact) mass is 297 g/mol. The van der Waals surface area contributed by atoms with Gasteiger partial charge in [-0.3, -0.25) is 9.59 Å². The number of carboxylic acids is 1. The Kier molecular flexibility index (Phi) is 4.33. The molecule has 3 N–H and O–H groups in total. The molecule has 2 heterocycles. The van der Waals surface area contributed by atoms with Gasteiger partial charge in [-0.1, -0.05) is 11.8 Å². The van der Waals surface area contributed by atoms with Crippen molar-refractivity contribution in [3.63, 3.8) is 0 Å². The Hall–Kier alpha value is -1.96. The molecule has 8 heteroatoms. The van der Waals surface area contributed by atoms with Crippen LogP contribution in [-0.4, -0.2) is 50.9 Å². The summed E-state index contributed by atoms with van der Waals surface area (Å²) >= 11 is 1.24. The molecule has 0 unspecified atom stereocenters. The van der Waals surface area contributed by atoms with E-state index in [0.29, 0.717) is 18.8 Å². The Morgan fingerprint density at radius 3 is 2.90 bits per heavy atom. The van der Waals surface area contributed by atoms with E-state index in [4.69, 9.17) is 5.11 Å². The van der Waals surface area contributed by atoms with Gasteiger partial charge in [-0.2, -0.15) is 0 Å². The first kappa shape index (κ1) is 14.4. The quantitative estimate of drug-likeness (QED) is 0.764. The standard InChI is InChI=1S/C12H15N3O4S/c1-7-6-8(10(13-7)11(17)18)14-9(16)2-3-15-4-5-20-12(15)19/h6,13H,2-5H2,1H3,(H,14,16)(H,17,18). The molecule has 1 saturated heterocycles. The van der Waals surface area contributed by atoms with Crippen molar-refractivity contribution in [2.24, 2.45) is 0 Å². The lowest BCUT2D eigenvalue weighted by Crippen LogP contribution is -2.27. The Bertz CT molecular complexity index is 555. The molecule has 1 aromatic heterocycles. The first-order valence-corrected chi connectivity index (χ1v) is 7.10. The lowest BCUT2D eigenvalue weighted by molar-refractivity contribution is -0.116. The van der Waals surface area contributed by atoms with Crippen LogP contribution in [0.1, 0.15) is 22.6 Å². The second-order valence-electron chi connectivity index (χ2n) is 4.45. The molecule has 0 aliphatic carbocycles. The van der Waals surface area contributed by atoms with E-state index in [1.165, 1.54) is 11.8 Å². The summed E-state index contributed by atoms with van der Waals surface area (Å²) < 4.78 is 0. The van der Waals surface area contributed by atoms with E-state index < -0.39 is 5.97 Å². The average molecular weight is 297 g/mol. The maximum Gasteiger partial charge on any atom is 0.354 e. The van der Waals surface area contributed by atoms with Gasteiger partial charge < -0.3 is 20.3 Å². The van der Waals surface area contributed by atoms with Crippen LogP contribution >= 0.6 is 11.8 Å². The molecule has 108 valence electrons. The van der Waals surface area contributed by atoms with Crippen LogP contribution in [0, 0.1) is 6.92 Å². The second-order valence-corrected chi connectivity index (χ2v) is 5.49. The van der Waals surface area contributed by atoms with Crippen LogP contribution < -0.4 is 5.32 Å². The van der Waals surface area contributed by atoms with E-state index in [9.17, 15) is 14.4 Å². The van der Waals surface area contributed by atoms with Crippen molar-refractivity contribution in [2.45, 2.75) is 13.3 Å². The third kappa shape index (κ3) is 3.32. The van der Waals surface area contributed by atoms with Crippen molar-refractivity contribution < 1.29 is 19.5 Å². The summed E-state index contributed by atoms with van der Waals surface area (Å²) in [7, 11) is 0. The number of hydrogen-bond donors (Lipinski definition) is 3. The van der Waals surface area contributed by atoms with E-state index in [2.05, 4.69) is 10.3 Å². The summed E-state index contributed by atoms with van der Waals surface area (Å²) in [5, 5.41) is 11.5. The van der Waals surface area contributed by atoms with Crippen LogP contribution in [0.4, 0.5) is 10.5 Å². The molecule has 20 heavy (non-hydrogen) atoms. The van der Waals surface area contributed by atoms with E-state index in [0.717, 1.165) is 5.75 Å². The molecule has 0 bridgehead atoms. The molecule has 0 radical (unpaired) electrons. The van der Waals surface area contributed by atoms with Crippen molar-refractivity contribution in [1.29, 1.82) is 0 Å². The number of carbonyl (C=O) groups excluding carboxylic acids is 2. The van der Waals surface area contributed by atoms with Gasteiger partial charge in [-0.05, 0) is 13.0 Å². The molecule has 1 fully saturated rings. The third-order valence-electron chi connectivity index (χ3n) is 2.89. The van der Waals surface area contributed by atoms with Gasteiger partial charge in [0.1, 0.15) is 5.69 Å². The van der Waals surface area contributed by atoms with Crippen LogP contribution in [0.3, 0.4) is 0 Å². The normalized spacial score (nSPS) is 14.7. The van der Waals surface area contributed by atoms with Crippen LogP contribution in [0.15, 0.2) is 6.07 Å². The fourth-order valence-corrected chi connectivity index (χ4v) is 2.79. The Morgan fingerprint density at radius 2 is 2.30 bits per heavy atom. The van der Waals surface area contributed by atoms with Gasteiger partial charge in [0.25, 0.3) is 5.24 Å². The van der Waals surface area contributed by atoms with Crippen molar-refractivity contribution in [3.05, 3.63) is 17.5 Å². The molecule has 2 amide bonds. The van der Waals surface area contributed by atoms with E-state index in [1.54, 1.807) is 17.9 Å². The fourth-order valence-electron chi connectivity index (χ4n) is 1.93. The third-order valence-corrected chi connectivity index (χ3v) is 3.79. The van der Waals surface area contributed by atoms with Crippen molar-refractivity contribution in [2.75, 3.05) is 24.2 Å². The SMILES string of the molecule is Cc1cc(NC(=O)CCN2CCSC2=O)c(C(=O)O)[nH]1. The van der Waals surface area contributed by atoms with Gasteiger partial charge in [-0.25, -0.2) is 4.79 Å². The molecule has 0 atom stereocenters. The van der Waals surface area contributed by atoms with Gasteiger partial charge >= 0.3 is 5.97 Å². The van der Waals surface area contributed by atoms with Crippen LogP contribution in [-0.2, 0) is 4.79 Å². The molecule has 0 spiro atoms. The molecule has 1 aromatic rings. The van der Waals surface area contributed by atoms with E-state index in [-0.39, 0.29) is 28.9 Å². The van der Waals surface area contributed by atoms with Gasteiger partial charge in [0, 0.05) is 31.0 Å². The van der Waals surface area contributed by atoms with Crippen molar-refractivity contribution in [3.8, 4) is 0 Å². The number of carboxylic acid groups (broad SMARTS) is 1. The molecular formula is C12H15N3O4S. The zero-order chi connectivity index (χ0) is 14.7. The number of aromatic carboxylic acids is 1. The summed E-state index contributed by atoms with van der Waals surface area (Å²) in [5.41, 5.74) is 0.870. The number of anilines is 1. The van der Waals surface area contributed by atoms with Crippen molar-refractivity contribution >= 4 is 34.6 Å². The summed E-state index contributed by atoms with van der Waals surface area (Å²) in [5.74, 6) is -0.684. The van der Waals surface area contributed by atoms with Crippen LogP contribution in [0.2, 0.25) is 0 Å². The van der Waals surface area contributed by atoms with Crippen LogP contribution in [0.5, 0.6) is 0 Å². The first-order valence-electron chi connectivity index (χ1n) is 6.12. The minimum Gasteiger partial charge on any atom is -0.477 e. The maximum absolute atomic E-state index is 11.8. The maximum atomic E-state index is 11.8. The first-order chi connectivity index (χ1) is 9.47. The molecule has 1 aliphatic heterocycles. The Morgan fingerprint density at radius 1 is 1.55 bits per heavy atom. The number of hydrogen-bond acceptors (Lipinski definition) is 4. The number of nitrogens with zero attached hydrogens (tertiary/aromatic N) is 1. The highest BCUT2D eigenvalue weighted by atomic mass is 32.2. The molecular weight excluding hydrogens is 282 g/mol. The summed E-state index contributed by atoms with van der Waals surface area (Å²) in [6, 6.07) is 1.57. The zero-order valence-corrected chi connectivity index (χ0v) is 11.7. The summed E-state index contributed by atoms with van der Waals surface area (Å²) in [6.07, 6.45) is 0.148. The topological polar surface area (TPSA) is 102 Å². The molecule has 0 aromatic carbocycles. The number of amides is 2. The minimum atomic E-state index is -1.13. The Labute approximate surface area is 119 Å². The number of thioether (sulfide) groups is 1. The summed E-state index contributed by atoms with van der Waals surface area (Å²) in [6.45, 7) is 2.71. The van der Waals surface area contributed by atoms with Gasteiger partial charge in [0.05, 0.1) is 5.69 Å². The number of nitrogens with one attached hydrogen (secondary N) is 2. The Balaban J connectivity index is 1.91. The van der Waals surface area contributed by atoms with Gasteiger partial charge in [0.2, 0.25) is 5.91 Å². The number of aryl methyl sites for hydroxylation is 1. The largest absolute Gasteiger partial charge is 0.477 e. The molecule has 1 aliphatic rings. The smallest absolute Gasteiger partial charge is 0.354 e. The number of carbonyl (C=O) groups is 3. The number of H-pyrrole nitrogens is 1. The van der Waals surface area contributed by atoms with Gasteiger partial charge in [0.15, 0.2) is 0 Å².